The fraction of sp³-hybridized carbons (Fsp3) is 0.412. The molecule has 2 bridgehead atoms. The van der Waals surface area contributed by atoms with Gasteiger partial charge in [-0.15, -0.1) is 0 Å². The van der Waals surface area contributed by atoms with E-state index in [9.17, 15) is 4.39 Å². The van der Waals surface area contributed by atoms with Gasteiger partial charge in [0.15, 0.2) is 0 Å². The highest BCUT2D eigenvalue weighted by Crippen LogP contribution is 2.41. The second-order valence-electron chi connectivity index (χ2n) is 5.97. The molecule has 2 saturated heterocycles. The van der Waals surface area contributed by atoms with Gasteiger partial charge in [-0.05, 0) is 37.1 Å². The smallest absolute Gasteiger partial charge is 0.134 e. The van der Waals surface area contributed by atoms with Crippen molar-refractivity contribution in [3.63, 3.8) is 0 Å². The first-order valence-corrected chi connectivity index (χ1v) is 9.43. The van der Waals surface area contributed by atoms with E-state index in [0.29, 0.717) is 17.2 Å². The quantitative estimate of drug-likeness (QED) is 0.631. The average Bonchev–Trinajstić information content (AvgIpc) is 3.27. The summed E-state index contributed by atoms with van der Waals surface area (Å²) in [7, 11) is 0. The molecule has 0 saturated carbocycles. The van der Waals surface area contributed by atoms with E-state index >= 15 is 0 Å². The van der Waals surface area contributed by atoms with Crippen LogP contribution in [0.25, 0.3) is 0 Å². The Bertz CT molecular complexity index is 764. The zero-order chi connectivity index (χ0) is 15.6. The number of benzene rings is 1. The Hall–Kier alpha value is -1.42. The van der Waals surface area contributed by atoms with Gasteiger partial charge in [0.05, 0.1) is 23.2 Å². The van der Waals surface area contributed by atoms with Crippen molar-refractivity contribution in [2.45, 2.75) is 17.4 Å². The molecular weight excluding hydrogens is 329 g/mol. The first-order valence-electron chi connectivity index (χ1n) is 7.71. The standard InChI is InChI=1S/C17H16FN3S2/c18-14-5-1-3-12(9-14)4-2-8-22-17-16(19-23-20-17)15-11-21-7-6-13(15)10-21/h1,3,5,9,13,15H,6-8,10-11H2. The highest BCUT2D eigenvalue weighted by molar-refractivity contribution is 7.99. The number of hydrogen-bond acceptors (Lipinski definition) is 5. The minimum Gasteiger partial charge on any atom is -0.302 e. The number of fused-ring (bicyclic) bond motifs is 2. The van der Waals surface area contributed by atoms with Gasteiger partial charge in [0.1, 0.15) is 10.8 Å². The Morgan fingerprint density at radius 3 is 3.09 bits per heavy atom. The van der Waals surface area contributed by atoms with Crippen LogP contribution in [-0.2, 0) is 0 Å². The van der Waals surface area contributed by atoms with Crippen molar-refractivity contribution in [1.29, 1.82) is 0 Å². The number of rotatable bonds is 3. The molecule has 118 valence electrons. The summed E-state index contributed by atoms with van der Waals surface area (Å²) in [5, 5.41) is 1.03. The minimum atomic E-state index is -0.248. The van der Waals surface area contributed by atoms with Crippen LogP contribution >= 0.6 is 23.5 Å². The van der Waals surface area contributed by atoms with E-state index in [2.05, 4.69) is 25.5 Å². The zero-order valence-corrected chi connectivity index (χ0v) is 14.2. The van der Waals surface area contributed by atoms with Gasteiger partial charge < -0.3 is 4.90 Å². The molecule has 2 fully saturated rings. The number of hydrogen-bond donors (Lipinski definition) is 0. The molecule has 23 heavy (non-hydrogen) atoms. The number of halogens is 1. The monoisotopic (exact) mass is 345 g/mol. The Morgan fingerprint density at radius 1 is 1.35 bits per heavy atom. The third kappa shape index (κ3) is 3.27. The molecule has 0 amide bonds. The number of piperidine rings is 1. The van der Waals surface area contributed by atoms with E-state index in [-0.39, 0.29) is 5.82 Å². The lowest BCUT2D eigenvalue weighted by atomic mass is 9.90. The molecule has 0 aliphatic carbocycles. The average molecular weight is 345 g/mol. The van der Waals surface area contributed by atoms with Crippen LogP contribution < -0.4 is 0 Å². The van der Waals surface area contributed by atoms with Crippen LogP contribution in [0.2, 0.25) is 0 Å². The first-order chi connectivity index (χ1) is 11.3. The molecule has 3 unspecified atom stereocenters. The van der Waals surface area contributed by atoms with Crippen LogP contribution in [0.5, 0.6) is 0 Å². The summed E-state index contributed by atoms with van der Waals surface area (Å²) in [6.45, 7) is 3.57. The summed E-state index contributed by atoms with van der Waals surface area (Å²) < 4.78 is 22.1. The van der Waals surface area contributed by atoms with E-state index in [0.717, 1.165) is 17.5 Å². The molecule has 2 aromatic rings. The summed E-state index contributed by atoms with van der Waals surface area (Å²) in [5.41, 5.74) is 1.88. The van der Waals surface area contributed by atoms with Crippen LogP contribution in [0.15, 0.2) is 29.3 Å². The Kier molecular flexibility index (Phi) is 4.34. The SMILES string of the molecule is Fc1cccc(C#CCSc2nsnc2C2CN3CCC2C3)c1. The third-order valence-electron chi connectivity index (χ3n) is 4.50. The fourth-order valence-electron chi connectivity index (χ4n) is 3.42. The summed E-state index contributed by atoms with van der Waals surface area (Å²) in [6.07, 6.45) is 1.28. The summed E-state index contributed by atoms with van der Waals surface area (Å²) in [6, 6.07) is 6.38. The highest BCUT2D eigenvalue weighted by Gasteiger charge is 2.41. The van der Waals surface area contributed by atoms with Gasteiger partial charge in [-0.3, -0.25) is 0 Å². The van der Waals surface area contributed by atoms with Gasteiger partial charge >= 0.3 is 0 Å². The number of aromatic nitrogens is 2. The maximum atomic E-state index is 13.1. The van der Waals surface area contributed by atoms with Crippen LogP contribution in [0.1, 0.15) is 23.6 Å². The predicted molar refractivity (Wildman–Crippen MR) is 91.2 cm³/mol. The molecule has 4 rings (SSSR count). The molecule has 1 aromatic carbocycles. The summed E-state index contributed by atoms with van der Waals surface area (Å²) in [5.74, 6) is 7.78. The van der Waals surface area contributed by atoms with E-state index in [1.54, 1.807) is 17.8 Å². The van der Waals surface area contributed by atoms with Gasteiger partial charge in [-0.2, -0.15) is 8.75 Å². The first kappa shape index (κ1) is 15.1. The Labute approximate surface area is 143 Å². The molecule has 2 aliphatic rings. The van der Waals surface area contributed by atoms with Gasteiger partial charge in [0.25, 0.3) is 0 Å². The fourth-order valence-corrected chi connectivity index (χ4v) is 4.93. The normalized spacial score (nSPS) is 25.3. The second-order valence-corrected chi connectivity index (χ2v) is 7.46. The molecule has 3 nitrogen and oxygen atoms in total. The largest absolute Gasteiger partial charge is 0.302 e. The zero-order valence-electron chi connectivity index (χ0n) is 12.5. The third-order valence-corrected chi connectivity index (χ3v) is 6.03. The van der Waals surface area contributed by atoms with Crippen molar-refractivity contribution < 1.29 is 4.39 Å². The van der Waals surface area contributed by atoms with Crippen LogP contribution in [0, 0.1) is 23.6 Å². The van der Waals surface area contributed by atoms with Crippen molar-refractivity contribution in [2.24, 2.45) is 5.92 Å². The topological polar surface area (TPSA) is 29.0 Å². The molecule has 6 heteroatoms. The second kappa shape index (κ2) is 6.60. The van der Waals surface area contributed by atoms with Gasteiger partial charge in [0.2, 0.25) is 0 Å². The maximum absolute atomic E-state index is 13.1. The van der Waals surface area contributed by atoms with E-state index < -0.39 is 0 Å². The molecule has 3 atom stereocenters. The van der Waals surface area contributed by atoms with E-state index in [1.807, 2.05) is 6.07 Å². The Morgan fingerprint density at radius 2 is 2.30 bits per heavy atom. The molecule has 0 N–H and O–H groups in total. The van der Waals surface area contributed by atoms with Crippen molar-refractivity contribution in [2.75, 3.05) is 25.4 Å². The van der Waals surface area contributed by atoms with Crippen LogP contribution in [0.3, 0.4) is 0 Å². The predicted octanol–water partition coefficient (Wildman–Crippen LogP) is 3.24. The van der Waals surface area contributed by atoms with E-state index in [4.69, 9.17) is 0 Å². The van der Waals surface area contributed by atoms with Crippen molar-refractivity contribution >= 4 is 23.5 Å². The van der Waals surface area contributed by atoms with Gasteiger partial charge in [0, 0.05) is 24.6 Å². The minimum absolute atomic E-state index is 0.248. The highest BCUT2D eigenvalue weighted by atomic mass is 32.2. The summed E-state index contributed by atoms with van der Waals surface area (Å²) in [4.78, 5) is 2.52. The van der Waals surface area contributed by atoms with Crippen LogP contribution in [-0.4, -0.2) is 39.0 Å². The summed E-state index contributed by atoms with van der Waals surface area (Å²) >= 11 is 2.94. The van der Waals surface area contributed by atoms with Crippen molar-refractivity contribution in [1.82, 2.24) is 13.6 Å². The molecular formula is C17H16FN3S2. The lowest BCUT2D eigenvalue weighted by Gasteiger charge is -2.20. The lowest BCUT2D eigenvalue weighted by molar-refractivity contribution is 0.342. The lowest BCUT2D eigenvalue weighted by Crippen LogP contribution is -2.22. The molecule has 0 radical (unpaired) electrons. The number of thioether (sulfide) groups is 1. The molecule has 1 aromatic heterocycles. The Balaban J connectivity index is 1.40. The van der Waals surface area contributed by atoms with Crippen molar-refractivity contribution in [3.05, 3.63) is 41.3 Å². The van der Waals surface area contributed by atoms with Gasteiger partial charge in [-0.1, -0.05) is 29.7 Å². The number of nitrogens with zero attached hydrogens (tertiary/aromatic N) is 3. The molecule has 2 aliphatic heterocycles. The van der Waals surface area contributed by atoms with Crippen molar-refractivity contribution in [3.8, 4) is 11.8 Å². The van der Waals surface area contributed by atoms with Crippen LogP contribution in [0.4, 0.5) is 4.39 Å². The van der Waals surface area contributed by atoms with Gasteiger partial charge in [-0.25, -0.2) is 4.39 Å². The molecule has 0 spiro atoms. The molecule has 3 heterocycles. The van der Waals surface area contributed by atoms with E-state index in [1.165, 1.54) is 49.1 Å². The maximum Gasteiger partial charge on any atom is 0.134 e.